The van der Waals surface area contributed by atoms with Crippen LogP contribution in [0.2, 0.25) is 0 Å². The molecule has 0 aliphatic rings. The van der Waals surface area contributed by atoms with Gasteiger partial charge in [-0.2, -0.15) is 0 Å². The summed E-state index contributed by atoms with van der Waals surface area (Å²) in [4.78, 5) is 17.5. The van der Waals surface area contributed by atoms with Gasteiger partial charge < -0.3 is 11.1 Å². The molecule has 0 aliphatic carbocycles. The van der Waals surface area contributed by atoms with Crippen molar-refractivity contribution >= 4 is 53.8 Å². The number of hydrogen-bond acceptors (Lipinski definition) is 5. The first kappa shape index (κ1) is 22.2. The molecule has 2 aromatic rings. The second-order valence-electron chi connectivity index (χ2n) is 4.78. The molecule has 23 heavy (non-hydrogen) atoms. The highest BCUT2D eigenvalue weighted by Crippen LogP contribution is 2.23. The van der Waals surface area contributed by atoms with Crippen LogP contribution in [0.1, 0.15) is 28.0 Å². The van der Waals surface area contributed by atoms with Crippen LogP contribution >= 0.6 is 47.9 Å². The van der Waals surface area contributed by atoms with Crippen LogP contribution in [0, 0.1) is 6.92 Å². The van der Waals surface area contributed by atoms with Crippen LogP contribution in [0.3, 0.4) is 0 Å². The van der Waals surface area contributed by atoms with Crippen molar-refractivity contribution in [1.82, 2.24) is 10.3 Å². The van der Waals surface area contributed by atoms with E-state index in [4.69, 9.17) is 5.73 Å². The Morgan fingerprint density at radius 1 is 1.35 bits per heavy atom. The molecule has 1 atom stereocenters. The van der Waals surface area contributed by atoms with Gasteiger partial charge in [0, 0.05) is 34.2 Å². The number of hydrogen-bond donors (Lipinski definition) is 2. The summed E-state index contributed by atoms with van der Waals surface area (Å²) >= 11 is 3.38. The van der Waals surface area contributed by atoms with Gasteiger partial charge in [-0.1, -0.05) is 0 Å². The van der Waals surface area contributed by atoms with E-state index in [-0.39, 0.29) is 36.8 Å². The summed E-state index contributed by atoms with van der Waals surface area (Å²) in [5, 5.41) is 6.02. The Balaban J connectivity index is 0.00000242. The summed E-state index contributed by atoms with van der Waals surface area (Å²) in [6.07, 6.45) is 0. The number of nitrogens with two attached hydrogens (primary N) is 1. The molecule has 1 aromatic carbocycles. The molecule has 0 radical (unpaired) electrons. The monoisotopic (exact) mass is 393 g/mol. The topological polar surface area (TPSA) is 68.0 Å². The normalized spacial score (nSPS) is 11.1. The maximum absolute atomic E-state index is 11.9. The van der Waals surface area contributed by atoms with Crippen molar-refractivity contribution in [2.75, 3.05) is 6.54 Å². The lowest BCUT2D eigenvalue weighted by atomic mass is 10.2. The molecule has 0 bridgehead atoms. The Labute approximate surface area is 157 Å². The summed E-state index contributed by atoms with van der Waals surface area (Å²) in [6.45, 7) is 4.33. The summed E-state index contributed by atoms with van der Waals surface area (Å²) < 4.78 is 0. The molecule has 1 amide bonds. The largest absolute Gasteiger partial charge is 0.348 e. The van der Waals surface area contributed by atoms with Gasteiger partial charge in [0.25, 0.3) is 5.91 Å². The fourth-order valence-corrected chi connectivity index (χ4v) is 3.21. The molecule has 3 N–H and O–H groups in total. The van der Waals surface area contributed by atoms with Gasteiger partial charge in [0.1, 0.15) is 0 Å². The van der Waals surface area contributed by atoms with Crippen LogP contribution in [-0.2, 0) is 5.75 Å². The first-order valence-corrected chi connectivity index (χ1v) is 8.60. The molecule has 0 saturated carbocycles. The number of carbonyl (C=O) groups excluding carboxylic acids is 1. The standard InChI is InChI=1S/C15H19N3OS2.2ClH/c1-10(7-16)17-15(19)12-3-5-14(6-4-12)21-9-13-8-20-11(2)18-13;;/h3-6,8,10H,7,9,16H2,1-2H3,(H,17,19);2*1H/t10-;;/m0../s1. The number of carbonyl (C=O) groups is 1. The molecule has 2 rings (SSSR count). The molecule has 0 aliphatic heterocycles. The van der Waals surface area contributed by atoms with Crippen molar-refractivity contribution in [1.29, 1.82) is 0 Å². The van der Waals surface area contributed by atoms with E-state index in [1.165, 1.54) is 0 Å². The van der Waals surface area contributed by atoms with Gasteiger partial charge in [-0.05, 0) is 38.1 Å². The van der Waals surface area contributed by atoms with Crippen LogP contribution in [0.25, 0.3) is 0 Å². The van der Waals surface area contributed by atoms with E-state index in [2.05, 4.69) is 15.7 Å². The maximum atomic E-state index is 11.9. The SMILES string of the molecule is Cc1nc(CSc2ccc(C(=O)N[C@@H](C)CN)cc2)cs1.Cl.Cl. The lowest BCUT2D eigenvalue weighted by molar-refractivity contribution is 0.0941. The zero-order chi connectivity index (χ0) is 15.2. The third-order valence-electron chi connectivity index (χ3n) is 2.90. The van der Waals surface area contributed by atoms with Gasteiger partial charge in [-0.15, -0.1) is 47.9 Å². The van der Waals surface area contributed by atoms with E-state index >= 15 is 0 Å². The van der Waals surface area contributed by atoms with Crippen LogP contribution < -0.4 is 11.1 Å². The van der Waals surface area contributed by atoms with Crippen molar-refractivity contribution in [3.8, 4) is 0 Å². The predicted molar refractivity (Wildman–Crippen MR) is 103 cm³/mol. The van der Waals surface area contributed by atoms with Crippen molar-refractivity contribution in [3.05, 3.63) is 45.9 Å². The van der Waals surface area contributed by atoms with Gasteiger partial charge >= 0.3 is 0 Å². The van der Waals surface area contributed by atoms with Crippen molar-refractivity contribution in [3.63, 3.8) is 0 Å². The van der Waals surface area contributed by atoms with Crippen molar-refractivity contribution < 1.29 is 4.79 Å². The lowest BCUT2D eigenvalue weighted by Crippen LogP contribution is -2.37. The number of benzene rings is 1. The summed E-state index contributed by atoms with van der Waals surface area (Å²) in [5.74, 6) is 0.764. The molecular weight excluding hydrogens is 373 g/mol. The minimum absolute atomic E-state index is 0. The highest BCUT2D eigenvalue weighted by atomic mass is 35.5. The number of aryl methyl sites for hydroxylation is 1. The summed E-state index contributed by atoms with van der Waals surface area (Å²) in [6, 6.07) is 7.59. The van der Waals surface area contributed by atoms with Crippen LogP contribution in [0.4, 0.5) is 0 Å². The average molecular weight is 394 g/mol. The van der Waals surface area contributed by atoms with E-state index in [1.807, 2.05) is 38.1 Å². The number of thioether (sulfide) groups is 1. The minimum Gasteiger partial charge on any atom is -0.348 e. The molecular formula is C15H21Cl2N3OS2. The number of amides is 1. The van der Waals surface area contributed by atoms with E-state index in [0.717, 1.165) is 21.3 Å². The van der Waals surface area contributed by atoms with E-state index in [0.29, 0.717) is 12.1 Å². The highest BCUT2D eigenvalue weighted by molar-refractivity contribution is 7.98. The molecule has 1 heterocycles. The number of halogens is 2. The first-order chi connectivity index (χ1) is 10.1. The smallest absolute Gasteiger partial charge is 0.251 e. The molecule has 0 spiro atoms. The highest BCUT2D eigenvalue weighted by Gasteiger charge is 2.08. The Bertz CT molecular complexity index is 605. The molecule has 4 nitrogen and oxygen atoms in total. The first-order valence-electron chi connectivity index (χ1n) is 6.73. The second kappa shape index (κ2) is 10.9. The Kier molecular flexibility index (Phi) is 10.5. The summed E-state index contributed by atoms with van der Waals surface area (Å²) in [5.41, 5.74) is 7.25. The quantitative estimate of drug-likeness (QED) is 0.734. The fourth-order valence-electron chi connectivity index (χ4n) is 1.70. The fraction of sp³-hybridized carbons (Fsp3) is 0.333. The van der Waals surface area contributed by atoms with Gasteiger partial charge in [0.05, 0.1) is 10.7 Å². The second-order valence-corrected chi connectivity index (χ2v) is 6.89. The van der Waals surface area contributed by atoms with Gasteiger partial charge in [-0.3, -0.25) is 4.79 Å². The zero-order valence-electron chi connectivity index (χ0n) is 12.9. The number of nitrogens with one attached hydrogen (secondary N) is 1. The van der Waals surface area contributed by atoms with E-state index in [1.54, 1.807) is 23.1 Å². The molecule has 0 fully saturated rings. The maximum Gasteiger partial charge on any atom is 0.251 e. The van der Waals surface area contributed by atoms with Crippen molar-refractivity contribution in [2.45, 2.75) is 30.5 Å². The Morgan fingerprint density at radius 3 is 2.52 bits per heavy atom. The summed E-state index contributed by atoms with van der Waals surface area (Å²) in [7, 11) is 0. The van der Waals surface area contributed by atoms with Crippen LogP contribution in [-0.4, -0.2) is 23.5 Å². The number of nitrogens with zero attached hydrogens (tertiary/aromatic N) is 1. The van der Waals surface area contributed by atoms with Crippen molar-refractivity contribution in [2.24, 2.45) is 5.73 Å². The lowest BCUT2D eigenvalue weighted by Gasteiger charge is -2.11. The predicted octanol–water partition coefficient (Wildman–Crippen LogP) is 3.66. The number of thiazole rings is 1. The molecule has 128 valence electrons. The number of rotatable bonds is 6. The third-order valence-corrected chi connectivity index (χ3v) is 4.77. The third kappa shape index (κ3) is 7.10. The van der Waals surface area contributed by atoms with Gasteiger partial charge in [-0.25, -0.2) is 4.98 Å². The number of aromatic nitrogens is 1. The molecule has 0 unspecified atom stereocenters. The van der Waals surface area contributed by atoms with Crippen LogP contribution in [0.15, 0.2) is 34.5 Å². The van der Waals surface area contributed by atoms with E-state index < -0.39 is 0 Å². The Morgan fingerprint density at radius 2 is 2.00 bits per heavy atom. The molecule has 0 saturated heterocycles. The zero-order valence-corrected chi connectivity index (χ0v) is 16.2. The Hall–Kier alpha value is -0.790. The molecule has 1 aromatic heterocycles. The van der Waals surface area contributed by atoms with Gasteiger partial charge in [0.2, 0.25) is 0 Å². The van der Waals surface area contributed by atoms with Gasteiger partial charge in [0.15, 0.2) is 0 Å². The van der Waals surface area contributed by atoms with Crippen LogP contribution in [0.5, 0.6) is 0 Å². The van der Waals surface area contributed by atoms with E-state index in [9.17, 15) is 4.79 Å². The average Bonchev–Trinajstić information content (AvgIpc) is 2.91. The molecule has 8 heteroatoms. The minimum atomic E-state index is -0.0837.